The molecule has 2 aliphatic rings. The molecule has 1 amide bonds. The SMILES string of the molecule is O=C(CC1CCC1)NC1(CCl)CCC1. The first-order chi connectivity index (χ1) is 6.74. The van der Waals surface area contributed by atoms with Gasteiger partial charge < -0.3 is 5.32 Å². The number of carbonyl (C=O) groups is 1. The van der Waals surface area contributed by atoms with Gasteiger partial charge in [0.15, 0.2) is 0 Å². The van der Waals surface area contributed by atoms with Gasteiger partial charge in [0, 0.05) is 12.3 Å². The quantitative estimate of drug-likeness (QED) is 0.718. The summed E-state index contributed by atoms with van der Waals surface area (Å²) in [6.07, 6.45) is 7.83. The highest BCUT2D eigenvalue weighted by Crippen LogP contribution is 2.34. The zero-order valence-corrected chi connectivity index (χ0v) is 9.28. The van der Waals surface area contributed by atoms with Gasteiger partial charge in [-0.2, -0.15) is 0 Å². The van der Waals surface area contributed by atoms with E-state index in [4.69, 9.17) is 11.6 Å². The molecular formula is C11H18ClNO. The molecule has 14 heavy (non-hydrogen) atoms. The smallest absolute Gasteiger partial charge is 0.220 e. The van der Waals surface area contributed by atoms with Crippen LogP contribution in [0.4, 0.5) is 0 Å². The third-order valence-electron chi connectivity index (χ3n) is 3.67. The third-order valence-corrected chi connectivity index (χ3v) is 4.18. The van der Waals surface area contributed by atoms with E-state index in [-0.39, 0.29) is 11.4 Å². The second kappa shape index (κ2) is 4.09. The number of halogens is 1. The van der Waals surface area contributed by atoms with Crippen LogP contribution in [-0.4, -0.2) is 17.3 Å². The fraction of sp³-hybridized carbons (Fsp3) is 0.909. The van der Waals surface area contributed by atoms with E-state index in [1.807, 2.05) is 0 Å². The van der Waals surface area contributed by atoms with Crippen molar-refractivity contribution in [3.8, 4) is 0 Å². The van der Waals surface area contributed by atoms with E-state index < -0.39 is 0 Å². The van der Waals surface area contributed by atoms with Crippen molar-refractivity contribution in [2.45, 2.75) is 50.5 Å². The molecule has 2 rings (SSSR count). The summed E-state index contributed by atoms with van der Waals surface area (Å²) in [5.74, 6) is 1.45. The van der Waals surface area contributed by atoms with Crippen LogP contribution in [0.5, 0.6) is 0 Å². The van der Waals surface area contributed by atoms with Crippen LogP contribution in [0.1, 0.15) is 44.9 Å². The molecule has 3 heteroatoms. The van der Waals surface area contributed by atoms with Crippen LogP contribution >= 0.6 is 11.6 Å². The molecule has 0 aromatic rings. The number of hydrogen-bond acceptors (Lipinski definition) is 1. The molecule has 1 N–H and O–H groups in total. The second-order valence-corrected chi connectivity index (χ2v) is 5.08. The number of amides is 1. The average Bonchev–Trinajstić information content (AvgIpc) is 2.04. The maximum absolute atomic E-state index is 11.6. The summed E-state index contributed by atoms with van der Waals surface area (Å²) in [5.41, 5.74) is -0.0393. The fourth-order valence-electron chi connectivity index (χ4n) is 2.20. The first kappa shape index (κ1) is 10.3. The third kappa shape index (κ3) is 2.05. The molecule has 0 unspecified atom stereocenters. The van der Waals surface area contributed by atoms with Crippen molar-refractivity contribution in [3.63, 3.8) is 0 Å². The lowest BCUT2D eigenvalue weighted by atomic mass is 9.77. The summed E-state index contributed by atoms with van der Waals surface area (Å²) in [7, 11) is 0. The van der Waals surface area contributed by atoms with Gasteiger partial charge in [0.25, 0.3) is 0 Å². The standard InChI is InChI=1S/C11H18ClNO/c12-8-11(5-2-6-11)13-10(14)7-9-3-1-4-9/h9H,1-8H2,(H,13,14). The molecule has 0 aromatic carbocycles. The van der Waals surface area contributed by atoms with E-state index in [9.17, 15) is 4.79 Å². The van der Waals surface area contributed by atoms with Gasteiger partial charge in [-0.1, -0.05) is 6.42 Å². The number of alkyl halides is 1. The predicted molar refractivity (Wildman–Crippen MR) is 57.4 cm³/mol. The van der Waals surface area contributed by atoms with E-state index in [0.717, 1.165) is 19.3 Å². The van der Waals surface area contributed by atoms with Gasteiger partial charge in [0.05, 0.1) is 5.54 Å². The van der Waals surface area contributed by atoms with Gasteiger partial charge in [-0.25, -0.2) is 0 Å². The molecule has 0 atom stereocenters. The van der Waals surface area contributed by atoms with Crippen LogP contribution in [0.2, 0.25) is 0 Å². The van der Waals surface area contributed by atoms with Gasteiger partial charge in [0.2, 0.25) is 5.91 Å². The molecular weight excluding hydrogens is 198 g/mol. The molecule has 0 radical (unpaired) electrons. The Balaban J connectivity index is 1.75. The number of nitrogens with one attached hydrogen (secondary N) is 1. The van der Waals surface area contributed by atoms with E-state index in [2.05, 4.69) is 5.32 Å². The van der Waals surface area contributed by atoms with Crippen LogP contribution in [0.3, 0.4) is 0 Å². The predicted octanol–water partition coefficient (Wildman–Crippen LogP) is 2.45. The van der Waals surface area contributed by atoms with Crippen LogP contribution in [0.15, 0.2) is 0 Å². The van der Waals surface area contributed by atoms with Gasteiger partial charge >= 0.3 is 0 Å². The molecule has 2 nitrogen and oxygen atoms in total. The van der Waals surface area contributed by atoms with E-state index in [0.29, 0.717) is 11.8 Å². The van der Waals surface area contributed by atoms with Gasteiger partial charge in [-0.15, -0.1) is 11.6 Å². The number of hydrogen-bond donors (Lipinski definition) is 1. The Morgan fingerprint density at radius 3 is 2.43 bits per heavy atom. The van der Waals surface area contributed by atoms with Crippen molar-refractivity contribution in [1.29, 1.82) is 0 Å². The molecule has 2 fully saturated rings. The van der Waals surface area contributed by atoms with Crippen LogP contribution < -0.4 is 5.32 Å². The normalized spacial score (nSPS) is 24.9. The number of rotatable bonds is 4. The fourth-order valence-corrected chi connectivity index (χ4v) is 2.54. The summed E-state index contributed by atoms with van der Waals surface area (Å²) in [4.78, 5) is 11.6. The zero-order valence-electron chi connectivity index (χ0n) is 8.52. The Kier molecular flexibility index (Phi) is 3.01. The Labute approximate surface area is 90.4 Å². The van der Waals surface area contributed by atoms with Gasteiger partial charge in [-0.3, -0.25) is 4.79 Å². The van der Waals surface area contributed by atoms with E-state index in [1.54, 1.807) is 0 Å². The highest BCUT2D eigenvalue weighted by molar-refractivity contribution is 6.18. The van der Waals surface area contributed by atoms with Gasteiger partial charge in [0.1, 0.15) is 0 Å². The van der Waals surface area contributed by atoms with Crippen molar-refractivity contribution in [1.82, 2.24) is 5.32 Å². The molecule has 0 aromatic heterocycles. The maximum atomic E-state index is 11.6. The number of carbonyl (C=O) groups excluding carboxylic acids is 1. The lowest BCUT2D eigenvalue weighted by Crippen LogP contribution is -2.55. The molecule has 80 valence electrons. The van der Waals surface area contributed by atoms with Crippen LogP contribution in [0, 0.1) is 5.92 Å². The minimum atomic E-state index is -0.0393. The first-order valence-corrected chi connectivity index (χ1v) is 6.14. The Morgan fingerprint density at radius 2 is 2.07 bits per heavy atom. The van der Waals surface area contributed by atoms with Gasteiger partial charge in [-0.05, 0) is 38.0 Å². The highest BCUT2D eigenvalue weighted by atomic mass is 35.5. The first-order valence-electron chi connectivity index (χ1n) is 5.61. The monoisotopic (exact) mass is 215 g/mol. The van der Waals surface area contributed by atoms with Crippen molar-refractivity contribution in [2.75, 3.05) is 5.88 Å². The van der Waals surface area contributed by atoms with Crippen molar-refractivity contribution >= 4 is 17.5 Å². The van der Waals surface area contributed by atoms with Crippen LogP contribution in [-0.2, 0) is 4.79 Å². The average molecular weight is 216 g/mol. The lowest BCUT2D eigenvalue weighted by Gasteiger charge is -2.41. The topological polar surface area (TPSA) is 29.1 Å². The molecule has 2 aliphatic carbocycles. The van der Waals surface area contributed by atoms with Crippen molar-refractivity contribution in [3.05, 3.63) is 0 Å². The molecule has 2 saturated carbocycles. The van der Waals surface area contributed by atoms with E-state index >= 15 is 0 Å². The minimum Gasteiger partial charge on any atom is -0.349 e. The Morgan fingerprint density at radius 1 is 1.36 bits per heavy atom. The largest absolute Gasteiger partial charge is 0.349 e. The summed E-state index contributed by atoms with van der Waals surface area (Å²) in [5, 5.41) is 3.11. The summed E-state index contributed by atoms with van der Waals surface area (Å²) in [6, 6.07) is 0. The Hall–Kier alpha value is -0.240. The molecule has 0 spiro atoms. The summed E-state index contributed by atoms with van der Waals surface area (Å²) < 4.78 is 0. The second-order valence-electron chi connectivity index (χ2n) is 4.82. The lowest BCUT2D eigenvalue weighted by molar-refractivity contribution is -0.125. The zero-order chi connectivity index (χ0) is 10.0. The molecule has 0 saturated heterocycles. The minimum absolute atomic E-state index is 0.0393. The summed E-state index contributed by atoms with van der Waals surface area (Å²) in [6.45, 7) is 0. The maximum Gasteiger partial charge on any atom is 0.220 e. The highest BCUT2D eigenvalue weighted by Gasteiger charge is 2.37. The molecule has 0 bridgehead atoms. The van der Waals surface area contributed by atoms with Crippen molar-refractivity contribution < 1.29 is 4.79 Å². The van der Waals surface area contributed by atoms with Crippen LogP contribution in [0.25, 0.3) is 0 Å². The Bertz CT molecular complexity index is 216. The molecule has 0 aliphatic heterocycles. The summed E-state index contributed by atoms with van der Waals surface area (Å²) >= 11 is 5.87. The van der Waals surface area contributed by atoms with Crippen molar-refractivity contribution in [2.24, 2.45) is 5.92 Å². The van der Waals surface area contributed by atoms with E-state index in [1.165, 1.54) is 25.7 Å². The molecule has 0 heterocycles.